The lowest BCUT2D eigenvalue weighted by atomic mass is 9.90. The Kier molecular flexibility index (Phi) is 6.11. The summed E-state index contributed by atoms with van der Waals surface area (Å²) in [5.74, 6) is -0.647. The van der Waals surface area contributed by atoms with Gasteiger partial charge in [-0.15, -0.1) is 0 Å². The normalized spacial score (nSPS) is 14.0. The zero-order chi connectivity index (χ0) is 21.1. The molecule has 1 heterocycles. The van der Waals surface area contributed by atoms with Gasteiger partial charge >= 0.3 is 5.97 Å². The minimum Gasteiger partial charge on any atom is -0.465 e. The van der Waals surface area contributed by atoms with Gasteiger partial charge in [0.1, 0.15) is 0 Å². The molecule has 0 aliphatic heterocycles. The number of carbonyl (C=O) groups is 2. The molecule has 6 nitrogen and oxygen atoms in total. The first-order valence-corrected chi connectivity index (χ1v) is 10.8. The molecule has 0 radical (unpaired) electrons. The average molecular weight is 425 g/mol. The summed E-state index contributed by atoms with van der Waals surface area (Å²) in [6, 6.07) is 11.3. The van der Waals surface area contributed by atoms with Gasteiger partial charge in [-0.3, -0.25) is 4.79 Å². The highest BCUT2D eigenvalue weighted by Gasteiger charge is 2.15. The summed E-state index contributed by atoms with van der Waals surface area (Å²) in [4.78, 5) is 29.8. The number of nitrogens with zero attached hydrogens (tertiary/aromatic N) is 2. The Morgan fingerprint density at radius 3 is 2.57 bits per heavy atom. The minimum atomic E-state index is -0.391. The standard InChI is InChI=1S/C23H24N2O4S/c1-28-12-11-25-19-10-9-18(22(27)29-2)14-20(19)30-23(25)24-21(26)17-8-7-15-5-3-4-6-16(15)13-17/h7-10,13-14H,3-6,11-12H2,1-2H3. The molecule has 0 spiro atoms. The molecular formula is C23H24N2O4S. The van der Waals surface area contributed by atoms with Gasteiger partial charge in [0.15, 0.2) is 4.80 Å². The number of aromatic nitrogens is 1. The van der Waals surface area contributed by atoms with Gasteiger partial charge in [0, 0.05) is 19.2 Å². The van der Waals surface area contributed by atoms with E-state index in [-0.39, 0.29) is 5.91 Å². The van der Waals surface area contributed by atoms with Crippen molar-refractivity contribution in [1.82, 2.24) is 4.57 Å². The lowest BCUT2D eigenvalue weighted by molar-refractivity contribution is 0.0600. The van der Waals surface area contributed by atoms with E-state index >= 15 is 0 Å². The Bertz CT molecular complexity index is 1180. The molecule has 0 saturated heterocycles. The number of hydrogen-bond acceptors (Lipinski definition) is 5. The fraction of sp³-hybridized carbons (Fsp3) is 0.348. The van der Waals surface area contributed by atoms with E-state index < -0.39 is 5.97 Å². The number of rotatable bonds is 5. The molecule has 30 heavy (non-hydrogen) atoms. The quantitative estimate of drug-likeness (QED) is 0.585. The largest absolute Gasteiger partial charge is 0.465 e. The van der Waals surface area contributed by atoms with Crippen LogP contribution in [0.5, 0.6) is 0 Å². The molecule has 0 bridgehead atoms. The second-order valence-corrected chi connectivity index (χ2v) is 8.32. The molecule has 1 aromatic heterocycles. The third kappa shape index (κ3) is 4.08. The third-order valence-corrected chi connectivity index (χ3v) is 6.46. The average Bonchev–Trinajstić information content (AvgIpc) is 3.12. The summed E-state index contributed by atoms with van der Waals surface area (Å²) >= 11 is 1.38. The van der Waals surface area contributed by atoms with Crippen LogP contribution in [-0.2, 0) is 28.9 Å². The first kappa shape index (κ1) is 20.5. The zero-order valence-corrected chi connectivity index (χ0v) is 18.0. The molecule has 2 aromatic carbocycles. The number of thiazole rings is 1. The van der Waals surface area contributed by atoms with E-state index in [1.54, 1.807) is 19.2 Å². The molecule has 0 atom stereocenters. The van der Waals surface area contributed by atoms with E-state index in [1.165, 1.54) is 36.0 Å². The summed E-state index contributed by atoms with van der Waals surface area (Å²) in [5.41, 5.74) is 4.58. The monoisotopic (exact) mass is 424 g/mol. The Morgan fingerprint density at radius 2 is 1.80 bits per heavy atom. The highest BCUT2D eigenvalue weighted by molar-refractivity contribution is 7.16. The lowest BCUT2D eigenvalue weighted by Gasteiger charge is -2.15. The molecule has 0 N–H and O–H groups in total. The first-order valence-electron chi connectivity index (χ1n) is 10.0. The van der Waals surface area contributed by atoms with E-state index in [0.717, 1.165) is 29.5 Å². The van der Waals surface area contributed by atoms with Crippen LogP contribution >= 0.6 is 11.3 Å². The Labute approximate surface area is 178 Å². The van der Waals surface area contributed by atoms with E-state index in [0.29, 0.717) is 29.1 Å². The van der Waals surface area contributed by atoms with Crippen molar-refractivity contribution in [1.29, 1.82) is 0 Å². The number of esters is 1. The topological polar surface area (TPSA) is 69.9 Å². The number of amides is 1. The van der Waals surface area contributed by atoms with Gasteiger partial charge in [-0.2, -0.15) is 4.99 Å². The molecular weight excluding hydrogens is 400 g/mol. The number of hydrogen-bond donors (Lipinski definition) is 0. The van der Waals surface area contributed by atoms with E-state index in [1.807, 2.05) is 22.8 Å². The second kappa shape index (κ2) is 8.93. The number of carbonyl (C=O) groups excluding carboxylic acids is 2. The molecule has 0 fully saturated rings. The summed E-state index contributed by atoms with van der Waals surface area (Å²) in [7, 11) is 3.00. The SMILES string of the molecule is COCCn1c(=NC(=O)c2ccc3c(c2)CCCC3)sc2cc(C(=O)OC)ccc21. The second-order valence-electron chi connectivity index (χ2n) is 7.31. The van der Waals surface area contributed by atoms with Crippen LogP contribution in [0.25, 0.3) is 10.2 Å². The predicted octanol–water partition coefficient (Wildman–Crippen LogP) is 3.76. The predicted molar refractivity (Wildman–Crippen MR) is 116 cm³/mol. The van der Waals surface area contributed by atoms with Crippen LogP contribution in [0.4, 0.5) is 0 Å². The fourth-order valence-electron chi connectivity index (χ4n) is 3.82. The Hall–Kier alpha value is -2.77. The minimum absolute atomic E-state index is 0.255. The molecule has 1 amide bonds. The molecule has 3 aromatic rings. The fourth-order valence-corrected chi connectivity index (χ4v) is 4.91. The van der Waals surface area contributed by atoms with Crippen LogP contribution in [0, 0.1) is 0 Å². The Balaban J connectivity index is 1.76. The first-order chi connectivity index (χ1) is 14.6. The van der Waals surface area contributed by atoms with Gasteiger partial charge in [0.05, 0.1) is 29.5 Å². The van der Waals surface area contributed by atoms with Crippen LogP contribution in [-0.4, -0.2) is 37.3 Å². The van der Waals surface area contributed by atoms with Crippen molar-refractivity contribution in [3.05, 3.63) is 63.5 Å². The van der Waals surface area contributed by atoms with Crippen molar-refractivity contribution in [3.63, 3.8) is 0 Å². The number of benzene rings is 2. The molecule has 0 unspecified atom stereocenters. The maximum Gasteiger partial charge on any atom is 0.337 e. The van der Waals surface area contributed by atoms with Gasteiger partial charge < -0.3 is 14.0 Å². The summed E-state index contributed by atoms with van der Waals surface area (Å²) in [5, 5.41) is 0. The van der Waals surface area contributed by atoms with Crippen molar-refractivity contribution in [3.8, 4) is 0 Å². The van der Waals surface area contributed by atoms with Crippen LogP contribution in [0.15, 0.2) is 41.4 Å². The number of aryl methyl sites for hydroxylation is 2. The number of fused-ring (bicyclic) bond motifs is 2. The summed E-state index contributed by atoms with van der Waals surface area (Å²) in [6.07, 6.45) is 4.47. The van der Waals surface area contributed by atoms with Gasteiger partial charge in [0.25, 0.3) is 5.91 Å². The van der Waals surface area contributed by atoms with Crippen LogP contribution in [0.2, 0.25) is 0 Å². The van der Waals surface area contributed by atoms with Crippen molar-refractivity contribution in [2.45, 2.75) is 32.2 Å². The zero-order valence-electron chi connectivity index (χ0n) is 17.1. The van der Waals surface area contributed by atoms with Crippen molar-refractivity contribution < 1.29 is 19.1 Å². The maximum atomic E-state index is 12.9. The van der Waals surface area contributed by atoms with Crippen molar-refractivity contribution >= 4 is 33.4 Å². The molecule has 1 aliphatic rings. The summed E-state index contributed by atoms with van der Waals surface area (Å²) in [6.45, 7) is 1.05. The third-order valence-electron chi connectivity index (χ3n) is 5.42. The van der Waals surface area contributed by atoms with Gasteiger partial charge in [-0.25, -0.2) is 4.79 Å². The lowest BCUT2D eigenvalue weighted by Crippen LogP contribution is -2.19. The van der Waals surface area contributed by atoms with Crippen LogP contribution in [0.3, 0.4) is 0 Å². The smallest absolute Gasteiger partial charge is 0.337 e. The van der Waals surface area contributed by atoms with E-state index in [2.05, 4.69) is 11.1 Å². The molecule has 4 rings (SSSR count). The number of methoxy groups -OCH3 is 2. The molecule has 156 valence electrons. The van der Waals surface area contributed by atoms with E-state index in [4.69, 9.17) is 9.47 Å². The molecule has 7 heteroatoms. The van der Waals surface area contributed by atoms with Crippen molar-refractivity contribution in [2.75, 3.05) is 20.8 Å². The van der Waals surface area contributed by atoms with E-state index in [9.17, 15) is 9.59 Å². The van der Waals surface area contributed by atoms with Gasteiger partial charge in [-0.05, 0) is 67.1 Å². The molecule has 1 aliphatic carbocycles. The maximum absolute atomic E-state index is 12.9. The van der Waals surface area contributed by atoms with Gasteiger partial charge in [-0.1, -0.05) is 17.4 Å². The summed E-state index contributed by atoms with van der Waals surface area (Å²) < 4.78 is 12.9. The number of ether oxygens (including phenoxy) is 2. The van der Waals surface area contributed by atoms with Crippen LogP contribution < -0.4 is 4.80 Å². The highest BCUT2D eigenvalue weighted by Crippen LogP contribution is 2.23. The highest BCUT2D eigenvalue weighted by atomic mass is 32.1. The van der Waals surface area contributed by atoms with Crippen LogP contribution in [0.1, 0.15) is 44.7 Å². The molecule has 0 saturated carbocycles. The van der Waals surface area contributed by atoms with Gasteiger partial charge in [0.2, 0.25) is 0 Å². The van der Waals surface area contributed by atoms with Crippen molar-refractivity contribution in [2.24, 2.45) is 4.99 Å². The Morgan fingerprint density at radius 1 is 1.03 bits per heavy atom.